The second-order valence-corrected chi connectivity index (χ2v) is 7.54. The molecule has 1 aromatic carbocycles. The Balaban J connectivity index is 1.67. The highest BCUT2D eigenvalue weighted by molar-refractivity contribution is 7.71. The van der Waals surface area contributed by atoms with Gasteiger partial charge >= 0.3 is 0 Å². The van der Waals surface area contributed by atoms with E-state index in [4.69, 9.17) is 12.2 Å². The van der Waals surface area contributed by atoms with Crippen molar-refractivity contribution >= 4 is 29.0 Å². The Morgan fingerprint density at radius 2 is 2.08 bits per heavy atom. The average Bonchev–Trinajstić information content (AvgIpc) is 2.87. The Morgan fingerprint density at radius 1 is 1.27 bits per heavy atom. The van der Waals surface area contributed by atoms with Gasteiger partial charge in [-0.2, -0.15) is 0 Å². The van der Waals surface area contributed by atoms with Gasteiger partial charge in [-0.15, -0.1) is 0 Å². The van der Waals surface area contributed by atoms with E-state index >= 15 is 0 Å². The van der Waals surface area contributed by atoms with Gasteiger partial charge < -0.3 is 9.88 Å². The molecule has 0 unspecified atom stereocenters. The monoisotopic (exact) mass is 373 g/mol. The fourth-order valence-corrected chi connectivity index (χ4v) is 4.16. The summed E-state index contributed by atoms with van der Waals surface area (Å²) in [5.41, 5.74) is 0.607. The predicted octanol–water partition coefficient (Wildman–Crippen LogP) is 3.88. The van der Waals surface area contributed by atoms with Crippen molar-refractivity contribution < 1.29 is 4.79 Å². The van der Waals surface area contributed by atoms with Crippen LogP contribution in [0.1, 0.15) is 45.4 Å². The van der Waals surface area contributed by atoms with Crippen molar-refractivity contribution in [1.29, 1.82) is 0 Å². The van der Waals surface area contributed by atoms with Crippen LogP contribution in [-0.2, 0) is 11.3 Å². The maximum absolute atomic E-state index is 12.7. The van der Waals surface area contributed by atoms with Gasteiger partial charge in [0.2, 0.25) is 5.91 Å². The first-order valence-electron chi connectivity index (χ1n) is 9.59. The minimum Gasteiger partial charge on any atom is -0.343 e. The third kappa shape index (κ3) is 4.23. The molecule has 0 saturated carbocycles. The molecule has 0 aliphatic carbocycles. The van der Waals surface area contributed by atoms with Crippen LogP contribution in [0.25, 0.3) is 10.9 Å². The van der Waals surface area contributed by atoms with Gasteiger partial charge in [0, 0.05) is 26.1 Å². The molecular formula is C20H27N3O2S. The summed E-state index contributed by atoms with van der Waals surface area (Å²) in [4.78, 5) is 30.4. The Kier molecular flexibility index (Phi) is 6.25. The molecule has 2 aromatic rings. The van der Waals surface area contributed by atoms with Crippen molar-refractivity contribution in [1.82, 2.24) is 14.5 Å². The second-order valence-electron chi connectivity index (χ2n) is 7.15. The normalized spacial score (nSPS) is 18.0. The number of hydrogen-bond donors (Lipinski definition) is 1. The number of fused-ring (bicyclic) bond motifs is 1. The first-order valence-corrected chi connectivity index (χ1v) is 10.0. The summed E-state index contributed by atoms with van der Waals surface area (Å²) in [6.45, 7) is 4.22. The molecule has 2 heterocycles. The summed E-state index contributed by atoms with van der Waals surface area (Å²) in [6.07, 6.45) is 6.16. The largest absolute Gasteiger partial charge is 0.343 e. The van der Waals surface area contributed by atoms with Crippen molar-refractivity contribution in [2.75, 3.05) is 13.1 Å². The lowest BCUT2D eigenvalue weighted by molar-refractivity contribution is -0.131. The minimum atomic E-state index is -0.129. The standard InChI is InChI=1S/C20H27N3O2S/c1-2-6-15-7-5-12-22(13-10-15)18(24)11-14-23-19(25)16-8-3-4-9-17(16)21-20(23)26/h3-4,8-9,15H,2,5-7,10-14H2,1H3,(H,21,26)/t15-/m0/s1. The summed E-state index contributed by atoms with van der Waals surface area (Å²) in [5.74, 6) is 0.867. The zero-order chi connectivity index (χ0) is 18.5. The summed E-state index contributed by atoms with van der Waals surface area (Å²) >= 11 is 5.32. The van der Waals surface area contributed by atoms with Crippen molar-refractivity contribution in [3.05, 3.63) is 39.4 Å². The van der Waals surface area contributed by atoms with Crippen molar-refractivity contribution in [3.8, 4) is 0 Å². The molecule has 1 N–H and O–H groups in total. The molecule has 0 spiro atoms. The Bertz CT molecular complexity index is 886. The number of aromatic nitrogens is 2. The molecule has 0 bridgehead atoms. The molecule has 1 aliphatic heterocycles. The number of hydrogen-bond acceptors (Lipinski definition) is 3. The number of aromatic amines is 1. The number of amides is 1. The molecule has 6 heteroatoms. The lowest BCUT2D eigenvalue weighted by Gasteiger charge is -2.21. The predicted molar refractivity (Wildman–Crippen MR) is 107 cm³/mol. The van der Waals surface area contributed by atoms with Gasteiger partial charge in [-0.1, -0.05) is 31.9 Å². The number of carbonyl (C=O) groups is 1. The van der Waals surface area contributed by atoms with E-state index in [1.165, 1.54) is 23.8 Å². The molecule has 1 amide bonds. The molecule has 1 saturated heterocycles. The van der Waals surface area contributed by atoms with Crippen LogP contribution < -0.4 is 5.56 Å². The van der Waals surface area contributed by atoms with Gasteiger partial charge in [0.05, 0.1) is 10.9 Å². The number of rotatable bonds is 5. The maximum Gasteiger partial charge on any atom is 0.262 e. The molecular weight excluding hydrogens is 346 g/mol. The number of carbonyl (C=O) groups excluding carboxylic acids is 1. The van der Waals surface area contributed by atoms with E-state index in [0.717, 1.165) is 37.4 Å². The van der Waals surface area contributed by atoms with Crippen molar-refractivity contribution in [3.63, 3.8) is 0 Å². The molecule has 0 radical (unpaired) electrons. The topological polar surface area (TPSA) is 58.1 Å². The van der Waals surface area contributed by atoms with Gasteiger partial charge in [-0.25, -0.2) is 0 Å². The van der Waals surface area contributed by atoms with E-state index in [-0.39, 0.29) is 11.5 Å². The van der Waals surface area contributed by atoms with Crippen LogP contribution in [0.5, 0.6) is 0 Å². The van der Waals surface area contributed by atoms with Crippen molar-refractivity contribution in [2.45, 2.75) is 52.0 Å². The first-order chi connectivity index (χ1) is 12.6. The SMILES string of the molecule is CCC[C@H]1CCCN(C(=O)CCn2c(=S)[nH]c3ccccc3c2=O)CC1. The molecule has 5 nitrogen and oxygen atoms in total. The third-order valence-corrected chi connectivity index (χ3v) is 5.66. The molecule has 1 fully saturated rings. The quantitative estimate of drug-likeness (QED) is 0.809. The summed E-state index contributed by atoms with van der Waals surface area (Å²) in [5, 5.41) is 0.603. The summed E-state index contributed by atoms with van der Waals surface area (Å²) < 4.78 is 1.88. The van der Waals surface area contributed by atoms with Gasteiger partial charge in [0.1, 0.15) is 0 Å². The van der Waals surface area contributed by atoms with E-state index in [2.05, 4.69) is 11.9 Å². The van der Waals surface area contributed by atoms with Gasteiger partial charge in [0.25, 0.3) is 5.56 Å². The molecule has 3 rings (SSSR count). The van der Waals surface area contributed by atoms with Crippen LogP contribution in [0.2, 0.25) is 0 Å². The number of benzene rings is 1. The number of nitrogens with one attached hydrogen (secondary N) is 1. The zero-order valence-electron chi connectivity index (χ0n) is 15.4. The maximum atomic E-state index is 12.7. The lowest BCUT2D eigenvalue weighted by Crippen LogP contribution is -2.33. The molecule has 140 valence electrons. The number of H-pyrrole nitrogens is 1. The lowest BCUT2D eigenvalue weighted by atomic mass is 9.96. The Hall–Kier alpha value is -1.95. The van der Waals surface area contributed by atoms with Gasteiger partial charge in [-0.05, 0) is 49.5 Å². The van der Waals surface area contributed by atoms with E-state index < -0.39 is 0 Å². The number of nitrogens with zero attached hydrogens (tertiary/aromatic N) is 2. The van der Waals surface area contributed by atoms with Crippen LogP contribution in [0.15, 0.2) is 29.1 Å². The fraction of sp³-hybridized carbons (Fsp3) is 0.550. The molecule has 26 heavy (non-hydrogen) atoms. The van der Waals surface area contributed by atoms with Crippen LogP contribution >= 0.6 is 12.2 Å². The minimum absolute atomic E-state index is 0.122. The van der Waals surface area contributed by atoms with E-state index in [0.29, 0.717) is 23.1 Å². The third-order valence-electron chi connectivity index (χ3n) is 5.34. The van der Waals surface area contributed by atoms with Crippen LogP contribution in [0.3, 0.4) is 0 Å². The van der Waals surface area contributed by atoms with E-state index in [1.54, 1.807) is 6.07 Å². The van der Waals surface area contributed by atoms with Crippen LogP contribution in [-0.4, -0.2) is 33.4 Å². The molecule has 1 aromatic heterocycles. The van der Waals surface area contributed by atoms with Gasteiger partial charge in [0.15, 0.2) is 4.77 Å². The Labute approximate surface area is 159 Å². The van der Waals surface area contributed by atoms with Crippen molar-refractivity contribution in [2.24, 2.45) is 5.92 Å². The average molecular weight is 374 g/mol. The summed E-state index contributed by atoms with van der Waals surface area (Å²) in [7, 11) is 0. The summed E-state index contributed by atoms with van der Waals surface area (Å²) in [6, 6.07) is 7.32. The first kappa shape index (κ1) is 18.8. The highest BCUT2D eigenvalue weighted by Crippen LogP contribution is 2.22. The van der Waals surface area contributed by atoms with Gasteiger partial charge in [-0.3, -0.25) is 14.2 Å². The Morgan fingerprint density at radius 3 is 2.88 bits per heavy atom. The van der Waals surface area contributed by atoms with E-state index in [9.17, 15) is 9.59 Å². The smallest absolute Gasteiger partial charge is 0.262 e. The highest BCUT2D eigenvalue weighted by atomic mass is 32.1. The van der Waals surface area contributed by atoms with Crippen LogP contribution in [0, 0.1) is 10.7 Å². The number of likely N-dealkylation sites (tertiary alicyclic amines) is 1. The van der Waals surface area contributed by atoms with Crippen LogP contribution in [0.4, 0.5) is 0 Å². The zero-order valence-corrected chi connectivity index (χ0v) is 16.2. The molecule has 1 aliphatic rings. The second kappa shape index (κ2) is 8.62. The highest BCUT2D eigenvalue weighted by Gasteiger charge is 2.20. The fourth-order valence-electron chi connectivity index (χ4n) is 3.88. The van der Waals surface area contributed by atoms with E-state index in [1.807, 2.05) is 23.1 Å². The number of para-hydroxylation sites is 1. The molecule has 1 atom stereocenters.